The summed E-state index contributed by atoms with van der Waals surface area (Å²) in [6.07, 6.45) is 4.99. The summed E-state index contributed by atoms with van der Waals surface area (Å²) in [7, 11) is 2.87. The van der Waals surface area contributed by atoms with E-state index in [1.54, 1.807) is 0 Å². The maximum absolute atomic E-state index is 2.50. The summed E-state index contributed by atoms with van der Waals surface area (Å²) in [5.74, 6) is 0. The van der Waals surface area contributed by atoms with Crippen molar-refractivity contribution >= 4 is 27.0 Å². The molecular formula is C34H28P2Zr. The second kappa shape index (κ2) is 10.4. The normalized spacial score (nSPS) is 23.5. The second-order valence-corrected chi connectivity index (χ2v) is 18.8. The van der Waals surface area contributed by atoms with Crippen molar-refractivity contribution in [2.45, 2.75) is 19.6 Å². The minimum absolute atomic E-state index is 0.0693. The van der Waals surface area contributed by atoms with Gasteiger partial charge in [-0.2, -0.15) is 0 Å². The molecule has 0 saturated carbocycles. The van der Waals surface area contributed by atoms with Gasteiger partial charge in [-0.1, -0.05) is 0 Å². The number of hydrogen-bond donors (Lipinski definition) is 0. The Hall–Kier alpha value is -2.42. The van der Waals surface area contributed by atoms with Crippen molar-refractivity contribution in [3.05, 3.63) is 167 Å². The van der Waals surface area contributed by atoms with E-state index < -0.39 is 23.2 Å². The van der Waals surface area contributed by atoms with Crippen molar-refractivity contribution in [3.8, 4) is 0 Å². The molecule has 2 atom stereocenters. The standard InChI is InChI=1S/2C17H14P.Zr/c2*1-13-12-16(14-8-4-2-5-9-14)18-17(13)15-10-6-3-7-11-15;/h2*2-12H,1H3;. The molecular weight excluding hydrogens is 562 g/mol. The van der Waals surface area contributed by atoms with Crippen LogP contribution in [0.2, 0.25) is 0 Å². The van der Waals surface area contributed by atoms with E-state index in [1.807, 2.05) is 0 Å². The van der Waals surface area contributed by atoms with Crippen molar-refractivity contribution in [3.63, 3.8) is 0 Å². The predicted molar refractivity (Wildman–Crippen MR) is 159 cm³/mol. The molecule has 0 saturated heterocycles. The van der Waals surface area contributed by atoms with Gasteiger partial charge in [0.25, 0.3) is 0 Å². The topological polar surface area (TPSA) is 0 Å². The van der Waals surface area contributed by atoms with Gasteiger partial charge in [0.1, 0.15) is 0 Å². The molecule has 0 nitrogen and oxygen atoms in total. The van der Waals surface area contributed by atoms with Gasteiger partial charge in [0, 0.05) is 0 Å². The van der Waals surface area contributed by atoms with Gasteiger partial charge in [-0.05, 0) is 0 Å². The predicted octanol–water partition coefficient (Wildman–Crippen LogP) is 9.03. The second-order valence-electron chi connectivity index (χ2n) is 9.66. The first-order valence-corrected chi connectivity index (χ1v) is 16.9. The zero-order valence-electron chi connectivity index (χ0n) is 21.1. The molecule has 6 rings (SSSR count). The van der Waals surface area contributed by atoms with Crippen molar-refractivity contribution in [1.82, 2.24) is 0 Å². The molecule has 0 radical (unpaired) electrons. The summed E-state index contributed by atoms with van der Waals surface area (Å²) >= 11 is -1.23. The molecule has 4 aromatic rings. The Morgan fingerprint density at radius 2 is 0.784 bits per heavy atom. The van der Waals surface area contributed by atoms with Gasteiger partial charge in [-0.15, -0.1) is 0 Å². The number of hydrogen-bond acceptors (Lipinski definition) is 0. The first-order chi connectivity index (χ1) is 18.1. The molecule has 0 N–H and O–H groups in total. The van der Waals surface area contributed by atoms with Gasteiger partial charge in [0.15, 0.2) is 0 Å². The molecule has 178 valence electrons. The maximum atomic E-state index is 2.50. The Morgan fingerprint density at radius 1 is 0.459 bits per heavy atom. The average Bonchev–Trinajstić information content (AvgIpc) is 3.48. The van der Waals surface area contributed by atoms with Crippen molar-refractivity contribution < 1.29 is 23.2 Å². The van der Waals surface area contributed by atoms with Gasteiger partial charge in [0.2, 0.25) is 0 Å². The van der Waals surface area contributed by atoms with E-state index in [0.29, 0.717) is 0 Å². The SMILES string of the molecule is CC1=CC(c2ccccc2)=P[C]1([Zr][C]1(c2ccccc2)P=C(c2ccccc2)C=C1C)c1ccccc1. The van der Waals surface area contributed by atoms with Gasteiger partial charge >= 0.3 is 237 Å². The molecule has 0 aromatic heterocycles. The van der Waals surface area contributed by atoms with Gasteiger partial charge in [-0.25, -0.2) is 0 Å². The van der Waals surface area contributed by atoms with Crippen LogP contribution in [0.4, 0.5) is 0 Å². The van der Waals surface area contributed by atoms with E-state index in [2.05, 4.69) is 147 Å². The fraction of sp³-hybridized carbons (Fsp3) is 0.118. The van der Waals surface area contributed by atoms with Crippen LogP contribution in [0.5, 0.6) is 0 Å². The van der Waals surface area contributed by atoms with E-state index in [1.165, 1.54) is 60.4 Å². The number of benzene rings is 4. The van der Waals surface area contributed by atoms with Crippen LogP contribution in [-0.2, 0) is 29.0 Å². The van der Waals surface area contributed by atoms with Crippen LogP contribution in [0.15, 0.2) is 145 Å². The third-order valence-electron chi connectivity index (χ3n) is 7.31. The molecule has 0 amide bonds. The third kappa shape index (κ3) is 4.57. The molecule has 3 heteroatoms. The number of rotatable bonds is 6. The van der Waals surface area contributed by atoms with Crippen LogP contribution in [0.1, 0.15) is 36.1 Å². The summed E-state index contributed by atoms with van der Waals surface area (Å²) in [6, 6.07) is 44.7. The van der Waals surface area contributed by atoms with Gasteiger partial charge < -0.3 is 0 Å². The van der Waals surface area contributed by atoms with Crippen LogP contribution < -0.4 is 0 Å². The zero-order valence-corrected chi connectivity index (χ0v) is 25.3. The fourth-order valence-electron chi connectivity index (χ4n) is 5.34. The molecule has 2 aliphatic heterocycles. The van der Waals surface area contributed by atoms with E-state index in [9.17, 15) is 0 Å². The Kier molecular flexibility index (Phi) is 6.99. The Labute approximate surface area is 235 Å². The minimum atomic E-state index is -1.23. The van der Waals surface area contributed by atoms with E-state index in [-0.39, 0.29) is 5.73 Å². The molecule has 0 spiro atoms. The molecule has 4 aromatic carbocycles. The molecule has 2 aliphatic rings. The van der Waals surface area contributed by atoms with Crippen LogP contribution in [-0.4, -0.2) is 10.6 Å². The summed E-state index contributed by atoms with van der Waals surface area (Å²) in [5.41, 5.74) is 8.71. The van der Waals surface area contributed by atoms with Crippen molar-refractivity contribution in [2.24, 2.45) is 0 Å². The fourth-order valence-corrected chi connectivity index (χ4v) is 17.5. The summed E-state index contributed by atoms with van der Waals surface area (Å²) in [5, 5.41) is 2.91. The van der Waals surface area contributed by atoms with Crippen molar-refractivity contribution in [1.29, 1.82) is 0 Å². The van der Waals surface area contributed by atoms with E-state index in [0.717, 1.165) is 0 Å². The van der Waals surface area contributed by atoms with Crippen molar-refractivity contribution in [2.75, 3.05) is 0 Å². The average molecular weight is 590 g/mol. The number of allylic oxidation sites excluding steroid dienone is 4. The third-order valence-corrected chi connectivity index (χ3v) is 18.6. The Bertz CT molecular complexity index is 1420. The monoisotopic (exact) mass is 588 g/mol. The van der Waals surface area contributed by atoms with Gasteiger partial charge in [-0.3, -0.25) is 0 Å². The zero-order chi connectivity index (χ0) is 25.3. The first-order valence-electron chi connectivity index (χ1n) is 12.7. The van der Waals surface area contributed by atoms with Crippen LogP contribution in [0.25, 0.3) is 0 Å². The van der Waals surface area contributed by atoms with Crippen LogP contribution in [0, 0.1) is 0 Å². The summed E-state index contributed by atoms with van der Waals surface area (Å²) in [4.78, 5) is 0. The first kappa shape index (κ1) is 24.9. The van der Waals surface area contributed by atoms with Gasteiger partial charge in [0.05, 0.1) is 0 Å². The molecule has 37 heavy (non-hydrogen) atoms. The molecule has 0 bridgehead atoms. The summed E-state index contributed by atoms with van der Waals surface area (Å²) in [6.45, 7) is 4.78. The molecule has 2 unspecified atom stereocenters. The van der Waals surface area contributed by atoms with Crippen LogP contribution >= 0.6 is 16.4 Å². The Balaban J connectivity index is 1.57. The summed E-state index contributed by atoms with van der Waals surface area (Å²) < 4.78 is 0.139. The Morgan fingerprint density at radius 3 is 1.14 bits per heavy atom. The van der Waals surface area contributed by atoms with E-state index >= 15 is 0 Å². The molecule has 0 fully saturated rings. The van der Waals surface area contributed by atoms with E-state index in [4.69, 9.17) is 0 Å². The molecule has 0 aliphatic carbocycles. The van der Waals surface area contributed by atoms with Crippen LogP contribution in [0.3, 0.4) is 0 Å². The molecule has 2 heterocycles. The quantitative estimate of drug-likeness (QED) is 0.197.